The first-order valence-electron chi connectivity index (χ1n) is 9.16. The van der Waals surface area contributed by atoms with Crippen molar-refractivity contribution in [1.82, 2.24) is 20.0 Å². The molecule has 0 atom stereocenters. The van der Waals surface area contributed by atoms with Crippen molar-refractivity contribution in [3.05, 3.63) is 78.1 Å². The van der Waals surface area contributed by atoms with Gasteiger partial charge in [-0.25, -0.2) is 8.42 Å². The highest BCUT2D eigenvalue weighted by molar-refractivity contribution is 7.92. The summed E-state index contributed by atoms with van der Waals surface area (Å²) in [5.41, 5.74) is 3.22. The van der Waals surface area contributed by atoms with Crippen LogP contribution in [0, 0.1) is 0 Å². The first-order valence-corrected chi connectivity index (χ1v) is 11.9. The lowest BCUT2D eigenvalue weighted by atomic mass is 9.98. The number of hydrogen-bond acceptors (Lipinski definition) is 7. The molecule has 4 aromatic rings. The summed E-state index contributed by atoms with van der Waals surface area (Å²) in [7, 11) is -3.47. The second-order valence-corrected chi connectivity index (χ2v) is 9.41. The fourth-order valence-corrected chi connectivity index (χ4v) is 4.41. The van der Waals surface area contributed by atoms with E-state index in [-0.39, 0.29) is 16.2 Å². The van der Waals surface area contributed by atoms with Gasteiger partial charge >= 0.3 is 0 Å². The van der Waals surface area contributed by atoms with Crippen LogP contribution in [-0.4, -0.2) is 40.6 Å². The van der Waals surface area contributed by atoms with Crippen molar-refractivity contribution in [1.29, 1.82) is 0 Å². The molecule has 2 heterocycles. The average Bonchev–Trinajstić information content (AvgIpc) is 3.39. The first-order chi connectivity index (χ1) is 14.9. The molecule has 2 aromatic carbocycles. The molecular formula is C20H18N6O3S2. The Hall–Kier alpha value is -3.57. The molecule has 2 N–H and O–H groups in total. The number of amides is 1. The lowest BCUT2D eigenvalue weighted by Gasteiger charge is -2.10. The monoisotopic (exact) mass is 454 g/mol. The molecule has 0 unspecified atom stereocenters. The van der Waals surface area contributed by atoms with Crippen LogP contribution < -0.4 is 10.0 Å². The molecule has 31 heavy (non-hydrogen) atoms. The van der Waals surface area contributed by atoms with Gasteiger partial charge in [-0.15, -0.1) is 10.2 Å². The summed E-state index contributed by atoms with van der Waals surface area (Å²) >= 11 is 0.935. The lowest BCUT2D eigenvalue weighted by Crippen LogP contribution is -2.13. The highest BCUT2D eigenvalue weighted by Crippen LogP contribution is 2.26. The Bertz CT molecular complexity index is 1300. The van der Waals surface area contributed by atoms with E-state index in [1.165, 1.54) is 0 Å². The van der Waals surface area contributed by atoms with E-state index >= 15 is 0 Å². The minimum Gasteiger partial charge on any atom is -0.296 e. The summed E-state index contributed by atoms with van der Waals surface area (Å²) in [5.74, 6) is -0.363. The molecule has 0 aliphatic rings. The van der Waals surface area contributed by atoms with E-state index in [0.717, 1.165) is 34.3 Å². The van der Waals surface area contributed by atoms with Gasteiger partial charge in [0.05, 0.1) is 12.8 Å². The van der Waals surface area contributed by atoms with Gasteiger partial charge in [-0.2, -0.15) is 5.10 Å². The normalized spacial score (nSPS) is 11.3. The molecule has 11 heteroatoms. The number of anilines is 2. The third kappa shape index (κ3) is 5.32. The number of carbonyl (C=O) groups excluding carboxylic acids is 1. The fraction of sp³-hybridized carbons (Fsp3) is 0.100. The number of sulfonamides is 1. The number of carbonyl (C=O) groups is 1. The standard InChI is InChI=1S/C20H18N6O3S2/c1-31(28,29)25-20-24-23-19(30-20)22-18(27)17-6-3-2-5-16(17)15-9-7-14(8-10-15)13-26-12-4-11-21-26/h2-12H,13H2,1H3,(H,24,25)(H,22,23,27). The Morgan fingerprint density at radius 2 is 1.77 bits per heavy atom. The van der Waals surface area contributed by atoms with Gasteiger partial charge in [0.1, 0.15) is 0 Å². The van der Waals surface area contributed by atoms with Crippen molar-refractivity contribution in [3.63, 3.8) is 0 Å². The molecule has 2 aromatic heterocycles. The highest BCUT2D eigenvalue weighted by Gasteiger charge is 2.16. The summed E-state index contributed by atoms with van der Waals surface area (Å²) in [6.45, 7) is 0.663. The Morgan fingerprint density at radius 1 is 1.03 bits per heavy atom. The second kappa shape index (κ2) is 8.66. The van der Waals surface area contributed by atoms with E-state index in [0.29, 0.717) is 12.1 Å². The Balaban J connectivity index is 1.52. The first kappa shape index (κ1) is 20.7. The third-order valence-corrected chi connectivity index (χ3v) is 5.71. The molecule has 0 saturated carbocycles. The highest BCUT2D eigenvalue weighted by atomic mass is 32.2. The van der Waals surface area contributed by atoms with Crippen LogP contribution in [-0.2, 0) is 16.6 Å². The molecule has 0 radical (unpaired) electrons. The van der Waals surface area contributed by atoms with Crippen LogP contribution in [0.2, 0.25) is 0 Å². The predicted octanol–water partition coefficient (Wildman–Crippen LogP) is 3.07. The lowest BCUT2D eigenvalue weighted by molar-refractivity contribution is 0.102. The zero-order chi connectivity index (χ0) is 21.8. The molecule has 0 aliphatic heterocycles. The van der Waals surface area contributed by atoms with E-state index < -0.39 is 10.0 Å². The summed E-state index contributed by atoms with van der Waals surface area (Å²) in [5, 5.41) is 14.7. The summed E-state index contributed by atoms with van der Waals surface area (Å²) in [6.07, 6.45) is 4.66. The third-order valence-electron chi connectivity index (χ3n) is 4.26. The van der Waals surface area contributed by atoms with Crippen LogP contribution >= 0.6 is 11.3 Å². The van der Waals surface area contributed by atoms with Crippen molar-refractivity contribution in [2.75, 3.05) is 16.3 Å². The summed E-state index contributed by atoms with van der Waals surface area (Å²) < 4.78 is 26.7. The van der Waals surface area contributed by atoms with Crippen molar-refractivity contribution in [2.24, 2.45) is 0 Å². The zero-order valence-corrected chi connectivity index (χ0v) is 18.0. The van der Waals surface area contributed by atoms with Crippen LogP contribution in [0.4, 0.5) is 10.3 Å². The van der Waals surface area contributed by atoms with Crippen LogP contribution in [0.5, 0.6) is 0 Å². The molecule has 4 rings (SSSR count). The van der Waals surface area contributed by atoms with Gasteiger partial charge in [0, 0.05) is 18.0 Å². The molecule has 0 fully saturated rings. The molecule has 0 spiro atoms. The summed E-state index contributed by atoms with van der Waals surface area (Å²) in [4.78, 5) is 12.9. The van der Waals surface area contributed by atoms with E-state index in [1.807, 2.05) is 53.3 Å². The number of nitrogens with one attached hydrogen (secondary N) is 2. The molecule has 9 nitrogen and oxygen atoms in total. The van der Waals surface area contributed by atoms with Gasteiger partial charge in [0.2, 0.25) is 20.3 Å². The van der Waals surface area contributed by atoms with Crippen molar-refractivity contribution in [3.8, 4) is 11.1 Å². The minimum absolute atomic E-state index is 0.0823. The fourth-order valence-electron chi connectivity index (χ4n) is 2.94. The molecule has 158 valence electrons. The summed E-state index contributed by atoms with van der Waals surface area (Å²) in [6, 6.07) is 17.0. The van der Waals surface area contributed by atoms with Gasteiger partial charge in [-0.1, -0.05) is 53.8 Å². The van der Waals surface area contributed by atoms with Crippen LogP contribution in [0.3, 0.4) is 0 Å². The van der Waals surface area contributed by atoms with E-state index in [9.17, 15) is 13.2 Å². The quantitative estimate of drug-likeness (QED) is 0.443. The topological polar surface area (TPSA) is 119 Å². The van der Waals surface area contributed by atoms with Crippen LogP contribution in [0.1, 0.15) is 15.9 Å². The van der Waals surface area contributed by atoms with Crippen LogP contribution in [0.15, 0.2) is 67.0 Å². The molecule has 0 saturated heterocycles. The Kier molecular flexibility index (Phi) is 5.78. The van der Waals surface area contributed by atoms with Gasteiger partial charge < -0.3 is 0 Å². The largest absolute Gasteiger partial charge is 0.296 e. The molecular weight excluding hydrogens is 436 g/mol. The van der Waals surface area contributed by atoms with Crippen molar-refractivity contribution < 1.29 is 13.2 Å². The van der Waals surface area contributed by atoms with E-state index in [2.05, 4.69) is 25.3 Å². The maximum atomic E-state index is 12.9. The zero-order valence-electron chi connectivity index (χ0n) is 16.4. The molecule has 0 aliphatic carbocycles. The van der Waals surface area contributed by atoms with E-state index in [4.69, 9.17) is 0 Å². The van der Waals surface area contributed by atoms with E-state index in [1.54, 1.807) is 18.3 Å². The predicted molar refractivity (Wildman–Crippen MR) is 120 cm³/mol. The maximum Gasteiger partial charge on any atom is 0.258 e. The number of benzene rings is 2. The number of aromatic nitrogens is 4. The van der Waals surface area contributed by atoms with Crippen molar-refractivity contribution in [2.45, 2.75) is 6.54 Å². The smallest absolute Gasteiger partial charge is 0.258 e. The number of hydrogen-bond donors (Lipinski definition) is 2. The maximum absolute atomic E-state index is 12.9. The number of nitrogens with zero attached hydrogens (tertiary/aromatic N) is 4. The van der Waals surface area contributed by atoms with Gasteiger partial charge in [-0.05, 0) is 28.8 Å². The minimum atomic E-state index is -3.47. The van der Waals surface area contributed by atoms with Crippen molar-refractivity contribution >= 4 is 37.5 Å². The average molecular weight is 455 g/mol. The second-order valence-electron chi connectivity index (χ2n) is 6.69. The van der Waals surface area contributed by atoms with Gasteiger partial charge in [0.25, 0.3) is 5.91 Å². The Labute approximate surface area is 182 Å². The SMILES string of the molecule is CS(=O)(=O)Nc1nnc(NC(=O)c2ccccc2-c2ccc(Cn3cccn3)cc2)s1. The van der Waals surface area contributed by atoms with Crippen LogP contribution in [0.25, 0.3) is 11.1 Å². The number of rotatable bonds is 7. The molecule has 0 bridgehead atoms. The molecule has 1 amide bonds. The van der Waals surface area contributed by atoms with Gasteiger partial charge in [-0.3, -0.25) is 19.5 Å². The Morgan fingerprint density at radius 3 is 2.48 bits per heavy atom. The van der Waals surface area contributed by atoms with Gasteiger partial charge in [0.15, 0.2) is 0 Å².